The van der Waals surface area contributed by atoms with Gasteiger partial charge in [0.2, 0.25) is 5.91 Å². The minimum atomic E-state index is -1.07. The van der Waals surface area contributed by atoms with E-state index in [-0.39, 0.29) is 11.8 Å². The fourth-order valence-electron chi connectivity index (χ4n) is 5.21. The second kappa shape index (κ2) is 10.5. The summed E-state index contributed by atoms with van der Waals surface area (Å²) < 4.78 is 6.21. The summed E-state index contributed by atoms with van der Waals surface area (Å²) in [6.45, 7) is 1.22. The van der Waals surface area contributed by atoms with Crippen LogP contribution in [0.5, 0.6) is 0 Å². The van der Waals surface area contributed by atoms with Gasteiger partial charge in [0.15, 0.2) is 5.60 Å². The Kier molecular flexibility index (Phi) is 7.43. The highest BCUT2D eigenvalue weighted by atomic mass is 16.5. The number of aromatic nitrogens is 1. The van der Waals surface area contributed by atoms with Crippen LogP contribution < -0.4 is 0 Å². The van der Waals surface area contributed by atoms with Crippen molar-refractivity contribution in [3.63, 3.8) is 0 Å². The topological polar surface area (TPSA) is 62.7 Å². The van der Waals surface area contributed by atoms with Crippen LogP contribution in [-0.4, -0.2) is 66.0 Å². The normalized spacial score (nSPS) is 21.6. The van der Waals surface area contributed by atoms with E-state index in [1.165, 1.54) is 19.3 Å². The summed E-state index contributed by atoms with van der Waals surface area (Å²) in [5.74, 6) is 0.541. The molecule has 4 rings (SSSR count). The largest absolute Gasteiger partial charge is 0.361 e. The summed E-state index contributed by atoms with van der Waals surface area (Å²) in [4.78, 5) is 34.2. The van der Waals surface area contributed by atoms with Gasteiger partial charge >= 0.3 is 0 Å². The van der Waals surface area contributed by atoms with E-state index in [1.54, 1.807) is 25.2 Å². The predicted octanol–water partition coefficient (Wildman–Crippen LogP) is 3.95. The van der Waals surface area contributed by atoms with Gasteiger partial charge in [-0.3, -0.25) is 14.6 Å². The predicted molar refractivity (Wildman–Crippen MR) is 129 cm³/mol. The van der Waals surface area contributed by atoms with Gasteiger partial charge in [-0.2, -0.15) is 0 Å². The van der Waals surface area contributed by atoms with Crippen LogP contribution in [-0.2, 0) is 20.7 Å². The second-order valence-corrected chi connectivity index (χ2v) is 9.68. The molecule has 0 N–H and O–H groups in total. The maximum Gasteiger partial charge on any atom is 0.256 e. The number of carbonyl (C=O) groups is 2. The van der Waals surface area contributed by atoms with Gasteiger partial charge in [-0.1, -0.05) is 49.6 Å². The van der Waals surface area contributed by atoms with Crippen molar-refractivity contribution in [1.29, 1.82) is 0 Å². The molecule has 1 aromatic carbocycles. The first-order chi connectivity index (χ1) is 16.0. The summed E-state index contributed by atoms with van der Waals surface area (Å²) in [7, 11) is 3.50. The number of amides is 2. The molecule has 1 aliphatic heterocycles. The monoisotopic (exact) mass is 449 g/mol. The van der Waals surface area contributed by atoms with Crippen molar-refractivity contribution in [2.24, 2.45) is 5.92 Å². The molecule has 6 heteroatoms. The van der Waals surface area contributed by atoms with E-state index >= 15 is 0 Å². The highest BCUT2D eigenvalue weighted by Crippen LogP contribution is 2.30. The number of benzene rings is 1. The molecular formula is C27H35N3O3. The Balaban J connectivity index is 1.55. The summed E-state index contributed by atoms with van der Waals surface area (Å²) >= 11 is 0. The lowest BCUT2D eigenvalue weighted by Gasteiger charge is -2.43. The fourth-order valence-corrected chi connectivity index (χ4v) is 5.21. The lowest BCUT2D eigenvalue weighted by atomic mass is 9.86. The molecule has 0 radical (unpaired) electrons. The molecule has 176 valence electrons. The van der Waals surface area contributed by atoms with Crippen LogP contribution in [0.3, 0.4) is 0 Å². The molecule has 2 fully saturated rings. The summed E-state index contributed by atoms with van der Waals surface area (Å²) in [6, 6.07) is 12.1. The maximum absolute atomic E-state index is 13.4. The van der Waals surface area contributed by atoms with Gasteiger partial charge in [0.25, 0.3) is 5.91 Å². The van der Waals surface area contributed by atoms with Crippen LogP contribution in [0.15, 0.2) is 48.8 Å². The maximum atomic E-state index is 13.4. The molecule has 0 spiro atoms. The van der Waals surface area contributed by atoms with E-state index in [9.17, 15) is 9.59 Å². The van der Waals surface area contributed by atoms with Crippen molar-refractivity contribution in [1.82, 2.24) is 14.8 Å². The van der Waals surface area contributed by atoms with E-state index < -0.39 is 5.60 Å². The second-order valence-electron chi connectivity index (χ2n) is 9.68. The number of hydrogen-bond donors (Lipinski definition) is 0. The zero-order valence-electron chi connectivity index (χ0n) is 19.8. The molecule has 1 atom stereocenters. The average molecular weight is 450 g/mol. The van der Waals surface area contributed by atoms with Crippen molar-refractivity contribution < 1.29 is 14.3 Å². The lowest BCUT2D eigenvalue weighted by Crippen LogP contribution is -2.61. The van der Waals surface area contributed by atoms with E-state index in [4.69, 9.17) is 4.74 Å². The van der Waals surface area contributed by atoms with E-state index in [1.807, 2.05) is 41.4 Å². The fraction of sp³-hybridized carbons (Fsp3) is 0.519. The van der Waals surface area contributed by atoms with Gasteiger partial charge in [-0.15, -0.1) is 0 Å². The Labute approximate surface area is 196 Å². The Morgan fingerprint density at radius 2 is 1.91 bits per heavy atom. The average Bonchev–Trinajstić information content (AvgIpc) is 2.85. The van der Waals surface area contributed by atoms with E-state index in [2.05, 4.69) is 11.1 Å². The van der Waals surface area contributed by atoms with Gasteiger partial charge in [0.1, 0.15) is 0 Å². The number of rotatable bonds is 6. The third kappa shape index (κ3) is 5.61. The van der Waals surface area contributed by atoms with Crippen LogP contribution in [0.25, 0.3) is 11.1 Å². The zero-order chi connectivity index (χ0) is 23.3. The zero-order valence-corrected chi connectivity index (χ0v) is 19.8. The Bertz CT molecular complexity index is 956. The molecule has 1 aliphatic carbocycles. The number of likely N-dealkylation sites (N-methyl/N-ethyl adjacent to an activating group) is 1. The van der Waals surface area contributed by atoms with Crippen LogP contribution in [0.1, 0.15) is 44.1 Å². The van der Waals surface area contributed by atoms with Crippen molar-refractivity contribution >= 4 is 11.8 Å². The molecule has 0 unspecified atom stereocenters. The number of carbonyl (C=O) groups excluding carboxylic acids is 2. The first-order valence-corrected chi connectivity index (χ1v) is 12.1. The van der Waals surface area contributed by atoms with E-state index in [0.717, 1.165) is 29.5 Å². The van der Waals surface area contributed by atoms with Gasteiger partial charge in [-0.25, -0.2) is 0 Å². The van der Waals surface area contributed by atoms with Gasteiger partial charge in [0, 0.05) is 45.9 Å². The van der Waals surface area contributed by atoms with Gasteiger partial charge in [-0.05, 0) is 41.5 Å². The molecule has 33 heavy (non-hydrogen) atoms. The highest BCUT2D eigenvalue weighted by molar-refractivity contribution is 5.87. The number of hydrogen-bond acceptors (Lipinski definition) is 4. The van der Waals surface area contributed by atoms with Crippen LogP contribution in [0.4, 0.5) is 0 Å². The van der Waals surface area contributed by atoms with Crippen molar-refractivity contribution in [3.05, 3.63) is 54.4 Å². The van der Waals surface area contributed by atoms with Crippen molar-refractivity contribution in [3.8, 4) is 11.1 Å². The minimum Gasteiger partial charge on any atom is -0.361 e. The third-order valence-corrected chi connectivity index (χ3v) is 6.93. The summed E-state index contributed by atoms with van der Waals surface area (Å²) in [6.07, 6.45) is 10.6. The number of pyridine rings is 1. The lowest BCUT2D eigenvalue weighted by molar-refractivity contribution is -0.173. The molecule has 2 heterocycles. The van der Waals surface area contributed by atoms with Gasteiger partial charge in [0.05, 0.1) is 13.2 Å². The van der Waals surface area contributed by atoms with Crippen LogP contribution in [0, 0.1) is 5.92 Å². The molecule has 2 amide bonds. The molecule has 0 bridgehead atoms. The van der Waals surface area contributed by atoms with Crippen molar-refractivity contribution in [2.75, 3.05) is 33.8 Å². The molecule has 1 saturated carbocycles. The van der Waals surface area contributed by atoms with Crippen molar-refractivity contribution in [2.45, 2.75) is 50.5 Å². The molecule has 6 nitrogen and oxygen atoms in total. The quantitative estimate of drug-likeness (QED) is 0.670. The number of ether oxygens (including phenoxy) is 1. The highest BCUT2D eigenvalue weighted by Gasteiger charge is 2.46. The SMILES string of the molecule is CN(C)C(=O)[C@@]1(Cc2cccc(-c3cccnc3)c2)CN(C(=O)CC2CCCCC2)CCO1. The summed E-state index contributed by atoms with van der Waals surface area (Å²) in [5, 5.41) is 0. The first-order valence-electron chi connectivity index (χ1n) is 12.1. The molecule has 2 aromatic rings. The number of nitrogens with zero attached hydrogens (tertiary/aromatic N) is 3. The Morgan fingerprint density at radius 3 is 2.64 bits per heavy atom. The van der Waals surface area contributed by atoms with Gasteiger partial charge < -0.3 is 14.5 Å². The first kappa shape index (κ1) is 23.4. The molecular weight excluding hydrogens is 414 g/mol. The minimum absolute atomic E-state index is 0.0931. The Morgan fingerprint density at radius 1 is 1.12 bits per heavy atom. The molecule has 2 aliphatic rings. The summed E-state index contributed by atoms with van der Waals surface area (Å²) in [5.41, 5.74) is 2.01. The Hall–Kier alpha value is -2.73. The smallest absolute Gasteiger partial charge is 0.256 e. The number of morpholine rings is 1. The molecule has 1 saturated heterocycles. The van der Waals surface area contributed by atoms with E-state index in [0.29, 0.717) is 38.5 Å². The third-order valence-electron chi connectivity index (χ3n) is 6.93. The van der Waals surface area contributed by atoms with Crippen LogP contribution >= 0.6 is 0 Å². The van der Waals surface area contributed by atoms with Crippen LogP contribution in [0.2, 0.25) is 0 Å². The molecule has 1 aromatic heterocycles. The standard InChI is InChI=1S/C27H35N3O3/c1-29(2)26(32)27(18-22-10-6-11-23(16-22)24-12-7-13-28-19-24)20-30(14-15-33-27)25(31)17-21-8-4-3-5-9-21/h6-7,10-13,16,19,21H,3-5,8-9,14-15,17-18,20H2,1-2H3/t27-/m1/s1.